The van der Waals surface area contributed by atoms with Gasteiger partial charge >= 0.3 is 0 Å². The van der Waals surface area contributed by atoms with E-state index in [0.29, 0.717) is 5.75 Å². The van der Waals surface area contributed by atoms with Crippen LogP contribution in [0.5, 0.6) is 5.75 Å². The molecule has 3 nitrogen and oxygen atoms in total. The molecule has 0 aliphatic rings. The second kappa shape index (κ2) is 5.39. The molecule has 0 bridgehead atoms. The molecule has 0 amide bonds. The Labute approximate surface area is 89.7 Å². The molecule has 82 valence electrons. The van der Waals surface area contributed by atoms with Gasteiger partial charge in [-0.1, -0.05) is 13.3 Å². The monoisotopic (exact) mass is 207 g/mol. The molecule has 0 unspecified atom stereocenters. The summed E-state index contributed by atoms with van der Waals surface area (Å²) in [6.45, 7) is 4.09. The summed E-state index contributed by atoms with van der Waals surface area (Å²) in [6.07, 6.45) is 2.21. The Bertz CT molecular complexity index is 316. The van der Waals surface area contributed by atoms with Crippen LogP contribution in [0.25, 0.3) is 0 Å². The molecular weight excluding hydrogens is 192 g/mol. The van der Waals surface area contributed by atoms with E-state index in [1.165, 1.54) is 12.1 Å². The van der Waals surface area contributed by atoms with Crippen LogP contribution in [0.1, 0.15) is 37.0 Å². The van der Waals surface area contributed by atoms with Gasteiger partial charge in [-0.05, 0) is 43.2 Å². The number of aromatic carboxylic acids is 1. The van der Waals surface area contributed by atoms with E-state index in [9.17, 15) is 9.90 Å². The number of carbonyl (C=O) groups is 1. The predicted molar refractivity (Wildman–Crippen MR) is 55.8 cm³/mol. The van der Waals surface area contributed by atoms with Crippen molar-refractivity contribution in [2.45, 2.75) is 32.8 Å². The zero-order valence-corrected chi connectivity index (χ0v) is 9.03. The fourth-order valence-electron chi connectivity index (χ4n) is 1.37. The van der Waals surface area contributed by atoms with Crippen LogP contribution in [-0.4, -0.2) is 12.1 Å². The summed E-state index contributed by atoms with van der Waals surface area (Å²) in [7, 11) is 0. The molecule has 0 saturated heterocycles. The van der Waals surface area contributed by atoms with Gasteiger partial charge in [0.25, 0.3) is 0 Å². The number of carboxylic acid groups (broad SMARTS) is 1. The largest absolute Gasteiger partial charge is 0.545 e. The molecule has 0 aliphatic carbocycles. The van der Waals surface area contributed by atoms with Crippen LogP contribution in [0.3, 0.4) is 0 Å². The predicted octanol–water partition coefficient (Wildman–Crippen LogP) is 1.62. The molecule has 0 N–H and O–H groups in total. The lowest BCUT2D eigenvalue weighted by molar-refractivity contribution is -0.255. The van der Waals surface area contributed by atoms with Crippen molar-refractivity contribution in [1.82, 2.24) is 0 Å². The van der Waals surface area contributed by atoms with Crippen LogP contribution in [-0.2, 0) is 0 Å². The molecule has 0 aliphatic heterocycles. The summed E-state index contributed by atoms with van der Waals surface area (Å²) >= 11 is 0. The van der Waals surface area contributed by atoms with Crippen LogP contribution >= 0.6 is 0 Å². The van der Waals surface area contributed by atoms with Crippen molar-refractivity contribution in [3.8, 4) is 5.75 Å². The third-order valence-electron chi connectivity index (χ3n) is 2.12. The first-order chi connectivity index (χ1) is 7.13. The number of ether oxygens (including phenoxy) is 1. The highest BCUT2D eigenvalue weighted by molar-refractivity contribution is 5.85. The Hall–Kier alpha value is -1.51. The SMILES string of the molecule is CCC[C@H](C)Oc1ccc(C(=O)[O-])cc1. The maximum atomic E-state index is 10.5. The first kappa shape index (κ1) is 11.6. The smallest absolute Gasteiger partial charge is 0.119 e. The molecule has 0 aromatic heterocycles. The zero-order valence-electron chi connectivity index (χ0n) is 9.03. The number of rotatable bonds is 5. The summed E-state index contributed by atoms with van der Waals surface area (Å²) in [5.74, 6) is -0.468. The number of carbonyl (C=O) groups excluding carboxylic acids is 1. The van der Waals surface area contributed by atoms with Gasteiger partial charge in [-0.3, -0.25) is 0 Å². The van der Waals surface area contributed by atoms with Crippen LogP contribution in [0.2, 0.25) is 0 Å². The molecule has 1 atom stereocenters. The highest BCUT2D eigenvalue weighted by Crippen LogP contribution is 2.15. The van der Waals surface area contributed by atoms with Crippen LogP contribution in [0.4, 0.5) is 0 Å². The van der Waals surface area contributed by atoms with Gasteiger partial charge in [-0.15, -0.1) is 0 Å². The first-order valence-electron chi connectivity index (χ1n) is 5.11. The van der Waals surface area contributed by atoms with Crippen molar-refractivity contribution < 1.29 is 14.6 Å². The highest BCUT2D eigenvalue weighted by atomic mass is 16.5. The second-order valence-corrected chi connectivity index (χ2v) is 3.53. The molecular formula is C12H15O3-. The van der Waals surface area contributed by atoms with E-state index in [0.717, 1.165) is 12.8 Å². The fourth-order valence-corrected chi connectivity index (χ4v) is 1.37. The normalized spacial score (nSPS) is 12.1. The second-order valence-electron chi connectivity index (χ2n) is 3.53. The minimum atomic E-state index is -1.16. The quantitative estimate of drug-likeness (QED) is 0.737. The van der Waals surface area contributed by atoms with Gasteiger partial charge in [0.2, 0.25) is 0 Å². The summed E-state index contributed by atoms with van der Waals surface area (Å²) in [4.78, 5) is 10.5. The minimum Gasteiger partial charge on any atom is -0.545 e. The van der Waals surface area contributed by atoms with Gasteiger partial charge in [0, 0.05) is 0 Å². The molecule has 15 heavy (non-hydrogen) atoms. The summed E-state index contributed by atoms with van der Waals surface area (Å²) in [5.41, 5.74) is 0.172. The maximum Gasteiger partial charge on any atom is 0.119 e. The lowest BCUT2D eigenvalue weighted by atomic mass is 10.2. The van der Waals surface area contributed by atoms with E-state index < -0.39 is 5.97 Å². The van der Waals surface area contributed by atoms with Gasteiger partial charge in [0.15, 0.2) is 0 Å². The lowest BCUT2D eigenvalue weighted by Crippen LogP contribution is -2.22. The lowest BCUT2D eigenvalue weighted by Gasteiger charge is -2.14. The van der Waals surface area contributed by atoms with Gasteiger partial charge in [-0.2, -0.15) is 0 Å². The van der Waals surface area contributed by atoms with E-state index in [1.807, 2.05) is 6.92 Å². The van der Waals surface area contributed by atoms with E-state index in [2.05, 4.69) is 6.92 Å². The zero-order chi connectivity index (χ0) is 11.3. The molecule has 0 heterocycles. The van der Waals surface area contributed by atoms with E-state index in [1.54, 1.807) is 12.1 Å². The van der Waals surface area contributed by atoms with E-state index >= 15 is 0 Å². The minimum absolute atomic E-state index is 0.156. The first-order valence-corrected chi connectivity index (χ1v) is 5.11. The summed E-state index contributed by atoms with van der Waals surface area (Å²) in [6, 6.07) is 6.28. The average Bonchev–Trinajstić information content (AvgIpc) is 2.18. The average molecular weight is 207 g/mol. The standard InChI is InChI=1S/C12H16O3/c1-3-4-9(2)15-11-7-5-10(6-8-11)12(13)14/h5-9H,3-4H2,1-2H3,(H,13,14)/p-1/t9-/m0/s1. The van der Waals surface area contributed by atoms with Gasteiger partial charge < -0.3 is 14.6 Å². The maximum absolute atomic E-state index is 10.5. The van der Waals surface area contributed by atoms with Crippen molar-refractivity contribution in [3.63, 3.8) is 0 Å². The van der Waals surface area contributed by atoms with Gasteiger partial charge in [-0.25, -0.2) is 0 Å². The number of carboxylic acids is 1. The topological polar surface area (TPSA) is 49.4 Å². The molecule has 1 rings (SSSR count). The molecule has 1 aromatic rings. The third kappa shape index (κ3) is 3.62. The van der Waals surface area contributed by atoms with Crippen LogP contribution in [0.15, 0.2) is 24.3 Å². The van der Waals surface area contributed by atoms with E-state index in [4.69, 9.17) is 4.74 Å². The van der Waals surface area contributed by atoms with Crippen molar-refractivity contribution in [3.05, 3.63) is 29.8 Å². The van der Waals surface area contributed by atoms with E-state index in [-0.39, 0.29) is 11.7 Å². The third-order valence-corrected chi connectivity index (χ3v) is 2.12. The van der Waals surface area contributed by atoms with Crippen molar-refractivity contribution >= 4 is 5.97 Å². The van der Waals surface area contributed by atoms with Gasteiger partial charge in [0.1, 0.15) is 5.75 Å². The molecule has 3 heteroatoms. The van der Waals surface area contributed by atoms with Crippen molar-refractivity contribution in [1.29, 1.82) is 0 Å². The molecule has 1 aromatic carbocycles. The Morgan fingerprint density at radius 1 is 1.40 bits per heavy atom. The highest BCUT2D eigenvalue weighted by Gasteiger charge is 2.02. The van der Waals surface area contributed by atoms with Crippen LogP contribution < -0.4 is 9.84 Å². The Morgan fingerprint density at radius 3 is 2.47 bits per heavy atom. The van der Waals surface area contributed by atoms with Crippen molar-refractivity contribution in [2.24, 2.45) is 0 Å². The van der Waals surface area contributed by atoms with Crippen LogP contribution in [0, 0.1) is 0 Å². The fraction of sp³-hybridized carbons (Fsp3) is 0.417. The molecule has 0 saturated carbocycles. The molecule has 0 spiro atoms. The van der Waals surface area contributed by atoms with Crippen molar-refractivity contribution in [2.75, 3.05) is 0 Å². The van der Waals surface area contributed by atoms with Gasteiger partial charge in [0.05, 0.1) is 12.1 Å². The Morgan fingerprint density at radius 2 is 2.00 bits per heavy atom. The number of hydrogen-bond acceptors (Lipinski definition) is 3. The molecule has 0 fully saturated rings. The summed E-state index contributed by atoms with van der Waals surface area (Å²) in [5, 5.41) is 10.5. The Kier molecular flexibility index (Phi) is 4.16. The Balaban J connectivity index is 2.60. The molecule has 0 radical (unpaired) electrons. The number of hydrogen-bond donors (Lipinski definition) is 0. The number of benzene rings is 1. The summed E-state index contributed by atoms with van der Waals surface area (Å²) < 4.78 is 5.58.